The summed E-state index contributed by atoms with van der Waals surface area (Å²) < 4.78 is 5.43. The van der Waals surface area contributed by atoms with Gasteiger partial charge >= 0.3 is 0 Å². The number of carbonyl (C=O) groups is 1. The summed E-state index contributed by atoms with van der Waals surface area (Å²) in [6.45, 7) is 0. The zero-order valence-electron chi connectivity index (χ0n) is 14.8. The van der Waals surface area contributed by atoms with Crippen molar-refractivity contribution in [2.45, 2.75) is 50.6 Å². The lowest BCUT2D eigenvalue weighted by Gasteiger charge is -2.36. The zero-order valence-corrected chi connectivity index (χ0v) is 14.8. The van der Waals surface area contributed by atoms with Crippen LogP contribution in [0.15, 0.2) is 48.5 Å². The van der Waals surface area contributed by atoms with Gasteiger partial charge in [0.25, 0.3) is 0 Å². The molecular formula is C22H25NO2. The lowest BCUT2D eigenvalue weighted by molar-refractivity contribution is -0.134. The van der Waals surface area contributed by atoms with Crippen LogP contribution in [0.4, 0.5) is 0 Å². The Kier molecular flexibility index (Phi) is 4.48. The average molecular weight is 335 g/mol. The molecule has 1 saturated carbocycles. The Bertz CT molecular complexity index is 766. The fraction of sp³-hybridized carbons (Fsp3) is 0.409. The van der Waals surface area contributed by atoms with Crippen LogP contribution < -0.4 is 4.74 Å². The third-order valence-corrected chi connectivity index (χ3v) is 5.44. The molecule has 4 rings (SSSR count). The topological polar surface area (TPSA) is 29.5 Å². The molecule has 0 N–H and O–H groups in total. The van der Waals surface area contributed by atoms with Gasteiger partial charge in [0.2, 0.25) is 5.91 Å². The molecule has 0 heterocycles. The molecule has 2 aliphatic carbocycles. The molecule has 0 radical (unpaired) electrons. The molecule has 25 heavy (non-hydrogen) atoms. The molecule has 3 nitrogen and oxygen atoms in total. The molecule has 3 heteroatoms. The van der Waals surface area contributed by atoms with E-state index >= 15 is 0 Å². The second-order valence-corrected chi connectivity index (χ2v) is 7.13. The number of fused-ring (bicyclic) bond motifs is 1. The Morgan fingerprint density at radius 2 is 1.84 bits per heavy atom. The van der Waals surface area contributed by atoms with Crippen molar-refractivity contribution in [2.24, 2.45) is 0 Å². The summed E-state index contributed by atoms with van der Waals surface area (Å²) in [6, 6.07) is 17.1. The van der Waals surface area contributed by atoms with Crippen molar-refractivity contribution in [1.82, 2.24) is 4.90 Å². The first kappa shape index (κ1) is 16.2. The summed E-state index contributed by atoms with van der Waals surface area (Å²) in [5, 5.41) is 0. The summed E-state index contributed by atoms with van der Waals surface area (Å²) in [5.74, 6) is 1.03. The molecule has 0 saturated heterocycles. The molecule has 1 fully saturated rings. The Morgan fingerprint density at radius 1 is 1.08 bits per heavy atom. The van der Waals surface area contributed by atoms with Crippen LogP contribution in [0.1, 0.15) is 48.4 Å². The first-order chi connectivity index (χ1) is 12.3. The van der Waals surface area contributed by atoms with Crippen molar-refractivity contribution in [2.75, 3.05) is 7.11 Å². The standard InChI is InChI=1S/C22H25NO2/c1-25-21-12-5-3-8-17(21)15-22(24)23(18-13-14-18)20-11-6-9-16-7-2-4-10-19(16)20/h2-5,7-8,10,12,18,20H,6,9,11,13-15H2,1H3. The number of hydrogen-bond acceptors (Lipinski definition) is 2. The van der Waals surface area contributed by atoms with Crippen LogP contribution >= 0.6 is 0 Å². The van der Waals surface area contributed by atoms with Crippen molar-refractivity contribution >= 4 is 5.91 Å². The molecular weight excluding hydrogens is 310 g/mol. The number of aryl methyl sites for hydroxylation is 1. The summed E-state index contributed by atoms with van der Waals surface area (Å²) in [7, 11) is 1.67. The third kappa shape index (κ3) is 3.28. The van der Waals surface area contributed by atoms with E-state index in [2.05, 4.69) is 29.2 Å². The second-order valence-electron chi connectivity index (χ2n) is 7.13. The maximum Gasteiger partial charge on any atom is 0.227 e. The van der Waals surface area contributed by atoms with Crippen LogP contribution in [0.5, 0.6) is 5.75 Å². The largest absolute Gasteiger partial charge is 0.496 e. The molecule has 1 unspecified atom stereocenters. The lowest BCUT2D eigenvalue weighted by Crippen LogP contribution is -2.39. The van der Waals surface area contributed by atoms with Gasteiger partial charge in [0.1, 0.15) is 5.75 Å². The zero-order chi connectivity index (χ0) is 17.2. The molecule has 1 atom stereocenters. The molecule has 2 aromatic rings. The maximum atomic E-state index is 13.2. The highest BCUT2D eigenvalue weighted by Gasteiger charge is 2.39. The molecule has 2 aromatic carbocycles. The van der Waals surface area contributed by atoms with Crippen molar-refractivity contribution in [3.63, 3.8) is 0 Å². The van der Waals surface area contributed by atoms with E-state index < -0.39 is 0 Å². The molecule has 130 valence electrons. The van der Waals surface area contributed by atoms with Gasteiger partial charge in [0, 0.05) is 11.6 Å². The van der Waals surface area contributed by atoms with Gasteiger partial charge in [-0.2, -0.15) is 0 Å². The molecule has 0 aliphatic heterocycles. The van der Waals surface area contributed by atoms with Gasteiger partial charge in [-0.25, -0.2) is 0 Å². The smallest absolute Gasteiger partial charge is 0.227 e. The minimum atomic E-state index is 0.230. The lowest BCUT2D eigenvalue weighted by atomic mass is 9.86. The van der Waals surface area contributed by atoms with E-state index in [9.17, 15) is 4.79 Å². The fourth-order valence-corrected chi connectivity index (χ4v) is 4.11. The Labute approximate surface area is 149 Å². The van der Waals surface area contributed by atoms with Gasteiger partial charge in [0.05, 0.1) is 19.6 Å². The van der Waals surface area contributed by atoms with Gasteiger partial charge in [-0.05, 0) is 49.3 Å². The number of para-hydroxylation sites is 1. The number of amides is 1. The van der Waals surface area contributed by atoms with E-state index in [1.807, 2.05) is 24.3 Å². The summed E-state index contributed by atoms with van der Waals surface area (Å²) >= 11 is 0. The normalized spacial score (nSPS) is 19.2. The first-order valence-corrected chi connectivity index (χ1v) is 9.29. The van der Waals surface area contributed by atoms with Gasteiger partial charge in [0.15, 0.2) is 0 Å². The number of nitrogens with zero attached hydrogens (tertiary/aromatic N) is 1. The van der Waals surface area contributed by atoms with Crippen LogP contribution in [0, 0.1) is 0 Å². The minimum Gasteiger partial charge on any atom is -0.496 e. The number of benzene rings is 2. The summed E-state index contributed by atoms with van der Waals surface area (Å²) in [4.78, 5) is 15.4. The highest BCUT2D eigenvalue weighted by Crippen LogP contribution is 2.41. The van der Waals surface area contributed by atoms with Crippen molar-refractivity contribution in [3.05, 3.63) is 65.2 Å². The Morgan fingerprint density at radius 3 is 2.64 bits per heavy atom. The van der Waals surface area contributed by atoms with Crippen molar-refractivity contribution in [3.8, 4) is 5.75 Å². The van der Waals surface area contributed by atoms with Crippen LogP contribution in [-0.4, -0.2) is 24.0 Å². The van der Waals surface area contributed by atoms with Crippen molar-refractivity contribution < 1.29 is 9.53 Å². The number of rotatable bonds is 5. The number of methoxy groups -OCH3 is 1. The molecule has 0 aromatic heterocycles. The first-order valence-electron chi connectivity index (χ1n) is 9.29. The molecule has 1 amide bonds. The highest BCUT2D eigenvalue weighted by molar-refractivity contribution is 5.80. The summed E-state index contributed by atoms with van der Waals surface area (Å²) in [6.07, 6.45) is 6.05. The van der Waals surface area contributed by atoms with E-state index in [-0.39, 0.29) is 11.9 Å². The van der Waals surface area contributed by atoms with Crippen LogP contribution in [0.3, 0.4) is 0 Å². The third-order valence-electron chi connectivity index (χ3n) is 5.44. The van der Waals surface area contributed by atoms with Gasteiger partial charge < -0.3 is 9.64 Å². The van der Waals surface area contributed by atoms with Crippen LogP contribution in [-0.2, 0) is 17.6 Å². The quantitative estimate of drug-likeness (QED) is 0.815. The maximum absolute atomic E-state index is 13.2. The van der Waals surface area contributed by atoms with Crippen LogP contribution in [0.2, 0.25) is 0 Å². The van der Waals surface area contributed by atoms with E-state index in [1.165, 1.54) is 11.1 Å². The van der Waals surface area contributed by atoms with E-state index in [0.717, 1.165) is 43.4 Å². The Hall–Kier alpha value is -2.29. The molecule has 0 bridgehead atoms. The fourth-order valence-electron chi connectivity index (χ4n) is 4.11. The molecule has 0 spiro atoms. The SMILES string of the molecule is COc1ccccc1CC(=O)N(C1CC1)C1CCCc2ccccc21. The van der Waals surface area contributed by atoms with Crippen molar-refractivity contribution in [1.29, 1.82) is 0 Å². The molecule has 2 aliphatic rings. The highest BCUT2D eigenvalue weighted by atomic mass is 16.5. The predicted octanol–water partition coefficient (Wildman–Crippen LogP) is 4.31. The van der Waals surface area contributed by atoms with Gasteiger partial charge in [-0.1, -0.05) is 42.5 Å². The number of carbonyl (C=O) groups excluding carboxylic acids is 1. The summed E-state index contributed by atoms with van der Waals surface area (Å²) in [5.41, 5.74) is 3.74. The number of ether oxygens (including phenoxy) is 1. The monoisotopic (exact) mass is 335 g/mol. The van der Waals surface area contributed by atoms with E-state index in [1.54, 1.807) is 7.11 Å². The van der Waals surface area contributed by atoms with E-state index in [0.29, 0.717) is 12.5 Å². The van der Waals surface area contributed by atoms with Gasteiger partial charge in [-0.3, -0.25) is 4.79 Å². The van der Waals surface area contributed by atoms with Gasteiger partial charge in [-0.15, -0.1) is 0 Å². The minimum absolute atomic E-state index is 0.230. The average Bonchev–Trinajstić information content (AvgIpc) is 3.47. The van der Waals surface area contributed by atoms with Crippen LogP contribution in [0.25, 0.3) is 0 Å². The second kappa shape index (κ2) is 6.91. The number of hydrogen-bond donors (Lipinski definition) is 0. The Balaban J connectivity index is 1.61. The predicted molar refractivity (Wildman–Crippen MR) is 98.7 cm³/mol. The van der Waals surface area contributed by atoms with E-state index in [4.69, 9.17) is 4.74 Å².